The Hall–Kier alpha value is -2.40. The van der Waals surface area contributed by atoms with Gasteiger partial charge in [0.2, 0.25) is 11.8 Å². The largest absolute Gasteiger partial charge is 0.324 e. The minimum absolute atomic E-state index is 0.122. The molecule has 0 bridgehead atoms. The maximum atomic E-state index is 13.5. The predicted octanol–water partition coefficient (Wildman–Crippen LogP) is 3.64. The molecule has 0 saturated carbocycles. The zero-order chi connectivity index (χ0) is 17.0. The number of amides is 2. The molecule has 0 saturated heterocycles. The minimum atomic E-state index is -0.493. The van der Waals surface area contributed by atoms with Crippen LogP contribution < -0.4 is 10.2 Å². The van der Waals surface area contributed by atoms with Crippen LogP contribution in [0.25, 0.3) is 0 Å². The molecule has 0 heterocycles. The van der Waals surface area contributed by atoms with Gasteiger partial charge in [0.15, 0.2) is 0 Å². The highest BCUT2D eigenvalue weighted by molar-refractivity contribution is 6.30. The van der Waals surface area contributed by atoms with Crippen molar-refractivity contribution in [3.63, 3.8) is 0 Å². The van der Waals surface area contributed by atoms with E-state index in [1.807, 2.05) is 0 Å². The third-order valence-corrected chi connectivity index (χ3v) is 3.60. The Labute approximate surface area is 138 Å². The molecular formula is C17H16ClFN2O2. The molecule has 0 aliphatic rings. The van der Waals surface area contributed by atoms with Gasteiger partial charge in [-0.25, -0.2) is 4.39 Å². The van der Waals surface area contributed by atoms with Crippen molar-refractivity contribution in [2.24, 2.45) is 0 Å². The minimum Gasteiger partial charge on any atom is -0.324 e. The molecular weight excluding hydrogens is 319 g/mol. The number of nitrogens with one attached hydrogen (secondary N) is 1. The summed E-state index contributed by atoms with van der Waals surface area (Å²) in [6.07, 6.45) is 0.122. The predicted molar refractivity (Wildman–Crippen MR) is 89.3 cm³/mol. The molecule has 6 heteroatoms. The Morgan fingerprint density at radius 1 is 1.17 bits per heavy atom. The van der Waals surface area contributed by atoms with Gasteiger partial charge in [-0.2, -0.15) is 0 Å². The van der Waals surface area contributed by atoms with Gasteiger partial charge in [0, 0.05) is 19.0 Å². The van der Waals surface area contributed by atoms with Gasteiger partial charge in [0.25, 0.3) is 0 Å². The molecule has 0 spiro atoms. The zero-order valence-electron chi connectivity index (χ0n) is 12.8. The molecule has 0 fully saturated rings. The molecule has 0 unspecified atom stereocenters. The van der Waals surface area contributed by atoms with Crippen LogP contribution >= 0.6 is 11.6 Å². The van der Waals surface area contributed by atoms with E-state index >= 15 is 0 Å². The van der Waals surface area contributed by atoms with Crippen LogP contribution in [-0.4, -0.2) is 18.9 Å². The fraction of sp³-hybridized carbons (Fsp3) is 0.176. The molecule has 1 N–H and O–H groups in total. The summed E-state index contributed by atoms with van der Waals surface area (Å²) >= 11 is 5.80. The fourth-order valence-corrected chi connectivity index (χ4v) is 2.18. The average Bonchev–Trinajstić information content (AvgIpc) is 2.49. The van der Waals surface area contributed by atoms with Crippen molar-refractivity contribution < 1.29 is 14.0 Å². The third kappa shape index (κ3) is 4.53. The summed E-state index contributed by atoms with van der Waals surface area (Å²) in [5, 5.41) is 3.23. The van der Waals surface area contributed by atoms with Crippen molar-refractivity contribution in [2.45, 2.75) is 13.3 Å². The van der Waals surface area contributed by atoms with Crippen LogP contribution in [0, 0.1) is 5.82 Å². The van der Waals surface area contributed by atoms with Crippen LogP contribution in [0.1, 0.15) is 12.5 Å². The summed E-state index contributed by atoms with van der Waals surface area (Å²) in [5.41, 5.74) is 1.47. The molecule has 4 nitrogen and oxygen atoms in total. The Morgan fingerprint density at radius 2 is 1.83 bits per heavy atom. The van der Waals surface area contributed by atoms with Crippen LogP contribution in [0.15, 0.2) is 42.5 Å². The summed E-state index contributed by atoms with van der Waals surface area (Å²) in [4.78, 5) is 25.0. The number of hydrogen-bond acceptors (Lipinski definition) is 2. The highest BCUT2D eigenvalue weighted by atomic mass is 35.5. The van der Waals surface area contributed by atoms with Crippen molar-refractivity contribution in [1.29, 1.82) is 0 Å². The first-order valence-corrected chi connectivity index (χ1v) is 7.33. The second-order valence-electron chi connectivity index (χ2n) is 5.09. The smallest absolute Gasteiger partial charge is 0.228 e. The third-order valence-electron chi connectivity index (χ3n) is 3.34. The van der Waals surface area contributed by atoms with E-state index in [0.29, 0.717) is 10.7 Å². The number of rotatable bonds is 4. The molecule has 23 heavy (non-hydrogen) atoms. The summed E-state index contributed by atoms with van der Waals surface area (Å²) in [6, 6.07) is 10.8. The van der Waals surface area contributed by atoms with Crippen molar-refractivity contribution in [1.82, 2.24) is 0 Å². The Balaban J connectivity index is 2.18. The fourth-order valence-electron chi connectivity index (χ4n) is 2.05. The van der Waals surface area contributed by atoms with Gasteiger partial charge < -0.3 is 10.2 Å². The van der Waals surface area contributed by atoms with Crippen molar-refractivity contribution in [3.8, 4) is 0 Å². The lowest BCUT2D eigenvalue weighted by atomic mass is 10.1. The standard InChI is InChI=1S/C17H16ClFN2O2/c1-11(22)21(2)16-8-7-14(19)10-15(16)20-17(23)9-12-3-5-13(18)6-4-12/h3-8,10H,9H2,1-2H3,(H,20,23). The van der Waals surface area contributed by atoms with Gasteiger partial charge in [-0.15, -0.1) is 0 Å². The average molecular weight is 335 g/mol. The number of nitrogens with zero attached hydrogens (tertiary/aromatic N) is 1. The van der Waals surface area contributed by atoms with Gasteiger partial charge in [-0.05, 0) is 35.9 Å². The van der Waals surface area contributed by atoms with Gasteiger partial charge in [-0.1, -0.05) is 23.7 Å². The van der Waals surface area contributed by atoms with Gasteiger partial charge in [0.05, 0.1) is 17.8 Å². The van der Waals surface area contributed by atoms with E-state index in [2.05, 4.69) is 5.32 Å². The van der Waals surface area contributed by atoms with Crippen molar-refractivity contribution in [3.05, 3.63) is 58.9 Å². The topological polar surface area (TPSA) is 49.4 Å². The van der Waals surface area contributed by atoms with Crippen LogP contribution in [0.4, 0.5) is 15.8 Å². The van der Waals surface area contributed by atoms with Crippen LogP contribution in [0.3, 0.4) is 0 Å². The molecule has 120 valence electrons. The van der Waals surface area contributed by atoms with Crippen LogP contribution in [0.2, 0.25) is 5.02 Å². The number of anilines is 2. The number of hydrogen-bond donors (Lipinski definition) is 1. The monoisotopic (exact) mass is 334 g/mol. The second kappa shape index (κ2) is 7.24. The molecule has 0 aliphatic heterocycles. The Bertz CT molecular complexity index is 732. The summed E-state index contributed by atoms with van der Waals surface area (Å²) in [7, 11) is 1.56. The SMILES string of the molecule is CC(=O)N(C)c1ccc(F)cc1NC(=O)Cc1ccc(Cl)cc1. The summed E-state index contributed by atoms with van der Waals surface area (Å²) in [6.45, 7) is 1.39. The first kappa shape index (κ1) is 17.0. The lowest BCUT2D eigenvalue weighted by Crippen LogP contribution is -2.25. The quantitative estimate of drug-likeness (QED) is 0.928. The van der Waals surface area contributed by atoms with E-state index in [1.165, 1.54) is 30.0 Å². The molecule has 2 aromatic carbocycles. The van der Waals surface area contributed by atoms with Gasteiger partial charge >= 0.3 is 0 Å². The first-order chi connectivity index (χ1) is 10.9. The number of carbonyl (C=O) groups is 2. The second-order valence-corrected chi connectivity index (χ2v) is 5.53. The summed E-state index contributed by atoms with van der Waals surface area (Å²) < 4.78 is 13.5. The molecule has 2 amide bonds. The highest BCUT2D eigenvalue weighted by Crippen LogP contribution is 2.26. The summed E-state index contributed by atoms with van der Waals surface area (Å²) in [5.74, 6) is -1.02. The van der Waals surface area contributed by atoms with E-state index in [-0.39, 0.29) is 23.9 Å². The maximum Gasteiger partial charge on any atom is 0.228 e. The molecule has 0 atom stereocenters. The van der Waals surface area contributed by atoms with Crippen LogP contribution in [0.5, 0.6) is 0 Å². The number of halogens is 2. The molecule has 2 aromatic rings. The van der Waals surface area contributed by atoms with Gasteiger partial charge in [-0.3, -0.25) is 9.59 Å². The van der Waals surface area contributed by atoms with E-state index < -0.39 is 5.82 Å². The zero-order valence-corrected chi connectivity index (χ0v) is 13.5. The van der Waals surface area contributed by atoms with Crippen molar-refractivity contribution >= 4 is 34.8 Å². The number of benzene rings is 2. The van der Waals surface area contributed by atoms with E-state index in [4.69, 9.17) is 11.6 Å². The number of carbonyl (C=O) groups excluding carboxylic acids is 2. The Morgan fingerprint density at radius 3 is 2.43 bits per heavy atom. The van der Waals surface area contributed by atoms with E-state index in [9.17, 15) is 14.0 Å². The van der Waals surface area contributed by atoms with Crippen molar-refractivity contribution in [2.75, 3.05) is 17.3 Å². The highest BCUT2D eigenvalue weighted by Gasteiger charge is 2.14. The lowest BCUT2D eigenvalue weighted by Gasteiger charge is -2.19. The van der Waals surface area contributed by atoms with Crippen LogP contribution in [-0.2, 0) is 16.0 Å². The lowest BCUT2D eigenvalue weighted by molar-refractivity contribution is -0.117. The van der Waals surface area contributed by atoms with E-state index in [0.717, 1.165) is 5.56 Å². The maximum absolute atomic E-state index is 13.5. The van der Waals surface area contributed by atoms with E-state index in [1.54, 1.807) is 31.3 Å². The Kier molecular flexibility index (Phi) is 5.34. The molecule has 0 aliphatic carbocycles. The molecule has 0 aromatic heterocycles. The molecule has 2 rings (SSSR count). The molecule has 0 radical (unpaired) electrons. The first-order valence-electron chi connectivity index (χ1n) is 6.95. The van der Waals surface area contributed by atoms with Gasteiger partial charge in [0.1, 0.15) is 5.82 Å². The normalized spacial score (nSPS) is 10.3.